The van der Waals surface area contributed by atoms with Gasteiger partial charge in [-0.2, -0.15) is 0 Å². The number of hydrogen-bond acceptors (Lipinski definition) is 5. The first-order chi connectivity index (χ1) is 15.4. The summed E-state index contributed by atoms with van der Waals surface area (Å²) in [5, 5.41) is 3.67. The Hall–Kier alpha value is -3.77. The fraction of sp³-hybridized carbons (Fsp3) is 0.120. The maximum absolute atomic E-state index is 13.6. The molecule has 3 aromatic carbocycles. The number of imide groups is 1. The Kier molecular flexibility index (Phi) is 5.88. The average Bonchev–Trinajstić information content (AvgIpc) is 3.05. The minimum Gasteiger partial charge on any atom is -0.497 e. The van der Waals surface area contributed by atoms with Crippen LogP contribution >= 0.6 is 11.6 Å². The summed E-state index contributed by atoms with van der Waals surface area (Å²) >= 11 is 6.27. The molecule has 0 bridgehead atoms. The van der Waals surface area contributed by atoms with Gasteiger partial charge in [-0.1, -0.05) is 41.9 Å². The number of halogens is 1. The van der Waals surface area contributed by atoms with E-state index in [1.54, 1.807) is 61.7 Å². The topological polar surface area (TPSA) is 67.9 Å². The summed E-state index contributed by atoms with van der Waals surface area (Å²) in [6, 6.07) is 19.2. The molecule has 2 amide bonds. The number of anilines is 2. The SMILES string of the molecule is COc1ccc(C2=C(Nc3ccc(C)c(Cl)c3)C(=O)N(c3ccccc3OC)C2=O)cc1. The van der Waals surface area contributed by atoms with Gasteiger partial charge < -0.3 is 14.8 Å². The Morgan fingerprint density at radius 3 is 2.25 bits per heavy atom. The first kappa shape index (κ1) is 21.5. The van der Waals surface area contributed by atoms with Crippen molar-refractivity contribution in [2.24, 2.45) is 0 Å². The summed E-state index contributed by atoms with van der Waals surface area (Å²) in [7, 11) is 3.06. The molecule has 1 aliphatic heterocycles. The summed E-state index contributed by atoms with van der Waals surface area (Å²) in [5.74, 6) is 0.128. The molecular formula is C25H21ClN2O4. The Labute approximate surface area is 191 Å². The van der Waals surface area contributed by atoms with Crippen molar-refractivity contribution in [1.82, 2.24) is 0 Å². The number of ether oxygens (including phenoxy) is 2. The number of nitrogens with zero attached hydrogens (tertiary/aromatic N) is 1. The third-order valence-electron chi connectivity index (χ3n) is 5.23. The largest absolute Gasteiger partial charge is 0.497 e. The van der Waals surface area contributed by atoms with Gasteiger partial charge in [-0.05, 0) is 54.4 Å². The predicted octanol–water partition coefficient (Wildman–Crippen LogP) is 5.06. The van der Waals surface area contributed by atoms with Crippen LogP contribution in [0.5, 0.6) is 11.5 Å². The summed E-state index contributed by atoms with van der Waals surface area (Å²) in [6.07, 6.45) is 0. The van der Waals surface area contributed by atoms with Crippen molar-refractivity contribution in [1.29, 1.82) is 0 Å². The minimum atomic E-state index is -0.484. The molecule has 0 atom stereocenters. The van der Waals surface area contributed by atoms with Crippen LogP contribution < -0.4 is 19.7 Å². The maximum Gasteiger partial charge on any atom is 0.282 e. The molecule has 7 heteroatoms. The molecule has 32 heavy (non-hydrogen) atoms. The van der Waals surface area contributed by atoms with E-state index in [1.165, 1.54) is 7.11 Å². The van der Waals surface area contributed by atoms with Gasteiger partial charge in [0.25, 0.3) is 11.8 Å². The van der Waals surface area contributed by atoms with Crippen molar-refractivity contribution >= 4 is 40.4 Å². The molecule has 0 saturated carbocycles. The van der Waals surface area contributed by atoms with Crippen molar-refractivity contribution < 1.29 is 19.1 Å². The van der Waals surface area contributed by atoms with Crippen LogP contribution in [0.3, 0.4) is 0 Å². The van der Waals surface area contributed by atoms with Gasteiger partial charge in [-0.3, -0.25) is 9.59 Å². The number of carbonyl (C=O) groups excluding carboxylic acids is 2. The fourth-order valence-electron chi connectivity index (χ4n) is 3.52. The predicted molar refractivity (Wildman–Crippen MR) is 125 cm³/mol. The van der Waals surface area contributed by atoms with E-state index < -0.39 is 11.8 Å². The Bertz CT molecular complexity index is 1230. The monoisotopic (exact) mass is 448 g/mol. The Morgan fingerprint density at radius 2 is 1.59 bits per heavy atom. The van der Waals surface area contributed by atoms with Gasteiger partial charge in [0.1, 0.15) is 17.2 Å². The third kappa shape index (κ3) is 3.81. The van der Waals surface area contributed by atoms with Crippen LogP contribution in [0.15, 0.2) is 72.4 Å². The van der Waals surface area contributed by atoms with Gasteiger partial charge in [-0.15, -0.1) is 0 Å². The average molecular weight is 449 g/mol. The van der Waals surface area contributed by atoms with Crippen molar-refractivity contribution in [3.8, 4) is 11.5 Å². The lowest BCUT2D eigenvalue weighted by Gasteiger charge is -2.18. The quantitative estimate of drug-likeness (QED) is 0.534. The van der Waals surface area contributed by atoms with Crippen LogP contribution in [-0.2, 0) is 9.59 Å². The number of carbonyl (C=O) groups is 2. The molecular weight excluding hydrogens is 428 g/mol. The van der Waals surface area contributed by atoms with Gasteiger partial charge in [0.05, 0.1) is 25.5 Å². The Balaban J connectivity index is 1.84. The first-order valence-corrected chi connectivity index (χ1v) is 10.3. The highest BCUT2D eigenvalue weighted by atomic mass is 35.5. The van der Waals surface area contributed by atoms with E-state index in [-0.39, 0.29) is 11.3 Å². The normalized spacial score (nSPS) is 13.6. The first-order valence-electron chi connectivity index (χ1n) is 9.88. The van der Waals surface area contributed by atoms with Crippen molar-refractivity contribution in [3.63, 3.8) is 0 Å². The van der Waals surface area contributed by atoms with Crippen LogP contribution in [-0.4, -0.2) is 26.0 Å². The second-order valence-electron chi connectivity index (χ2n) is 7.19. The third-order valence-corrected chi connectivity index (χ3v) is 5.64. The van der Waals surface area contributed by atoms with Crippen molar-refractivity contribution in [2.75, 3.05) is 24.4 Å². The number of benzene rings is 3. The molecule has 1 heterocycles. The molecule has 0 aromatic heterocycles. The zero-order chi connectivity index (χ0) is 22.8. The van der Waals surface area contributed by atoms with Crippen LogP contribution in [0.1, 0.15) is 11.1 Å². The zero-order valence-corrected chi connectivity index (χ0v) is 18.6. The van der Waals surface area contributed by atoms with E-state index in [1.807, 2.05) is 19.1 Å². The molecule has 0 fully saturated rings. The highest BCUT2D eigenvalue weighted by Crippen LogP contribution is 2.38. The van der Waals surface area contributed by atoms with Crippen LogP contribution in [0, 0.1) is 6.92 Å². The van der Waals surface area contributed by atoms with Gasteiger partial charge >= 0.3 is 0 Å². The molecule has 162 valence electrons. The number of hydrogen-bond donors (Lipinski definition) is 1. The molecule has 1 aliphatic rings. The lowest BCUT2D eigenvalue weighted by molar-refractivity contribution is -0.120. The van der Waals surface area contributed by atoms with Crippen LogP contribution in [0.25, 0.3) is 5.57 Å². The lowest BCUT2D eigenvalue weighted by atomic mass is 10.0. The minimum absolute atomic E-state index is 0.158. The lowest BCUT2D eigenvalue weighted by Crippen LogP contribution is -2.32. The summed E-state index contributed by atoms with van der Waals surface area (Å²) in [4.78, 5) is 28.2. The van der Waals surface area contributed by atoms with Gasteiger partial charge in [0, 0.05) is 10.7 Å². The van der Waals surface area contributed by atoms with Crippen molar-refractivity contribution in [2.45, 2.75) is 6.92 Å². The van der Waals surface area contributed by atoms with Gasteiger partial charge in [0.2, 0.25) is 0 Å². The second-order valence-corrected chi connectivity index (χ2v) is 7.59. The van der Waals surface area contributed by atoms with E-state index in [0.29, 0.717) is 33.5 Å². The molecule has 0 saturated heterocycles. The van der Waals surface area contributed by atoms with Crippen LogP contribution in [0.2, 0.25) is 5.02 Å². The molecule has 6 nitrogen and oxygen atoms in total. The van der Waals surface area contributed by atoms with Crippen LogP contribution in [0.4, 0.5) is 11.4 Å². The maximum atomic E-state index is 13.6. The number of amides is 2. The molecule has 3 aromatic rings. The summed E-state index contributed by atoms with van der Waals surface area (Å²) in [6.45, 7) is 1.89. The molecule has 4 rings (SSSR count). The fourth-order valence-corrected chi connectivity index (χ4v) is 3.70. The number of methoxy groups -OCH3 is 2. The number of aryl methyl sites for hydroxylation is 1. The van der Waals surface area contributed by atoms with Gasteiger partial charge in [0.15, 0.2) is 0 Å². The highest BCUT2D eigenvalue weighted by Gasteiger charge is 2.41. The second kappa shape index (κ2) is 8.77. The molecule has 1 N–H and O–H groups in total. The van der Waals surface area contributed by atoms with E-state index in [0.717, 1.165) is 10.5 Å². The zero-order valence-electron chi connectivity index (χ0n) is 17.8. The van der Waals surface area contributed by atoms with E-state index in [4.69, 9.17) is 21.1 Å². The molecule has 0 unspecified atom stereocenters. The van der Waals surface area contributed by atoms with E-state index >= 15 is 0 Å². The molecule has 0 spiro atoms. The Morgan fingerprint density at radius 1 is 0.875 bits per heavy atom. The van der Waals surface area contributed by atoms with E-state index in [2.05, 4.69) is 5.32 Å². The van der Waals surface area contributed by atoms with Gasteiger partial charge in [-0.25, -0.2) is 4.90 Å². The van der Waals surface area contributed by atoms with E-state index in [9.17, 15) is 9.59 Å². The standard InChI is InChI=1S/C25H21ClN2O4/c1-15-8-11-17(14-19(15)26)27-23-22(16-9-12-18(31-2)13-10-16)24(29)28(25(23)30)20-6-4-5-7-21(20)32-3/h4-14,27H,1-3H3. The van der Waals surface area contributed by atoms with Crippen molar-refractivity contribution in [3.05, 3.63) is 88.6 Å². The number of nitrogens with one attached hydrogen (secondary N) is 1. The summed E-state index contributed by atoms with van der Waals surface area (Å²) < 4.78 is 10.6. The summed E-state index contributed by atoms with van der Waals surface area (Å²) in [5.41, 5.74) is 2.87. The molecule has 0 radical (unpaired) electrons. The highest BCUT2D eigenvalue weighted by molar-refractivity contribution is 6.46. The smallest absolute Gasteiger partial charge is 0.282 e. The molecule has 0 aliphatic carbocycles. The number of rotatable bonds is 6. The number of para-hydroxylation sites is 2.